The Bertz CT molecular complexity index is 756. The summed E-state index contributed by atoms with van der Waals surface area (Å²) in [7, 11) is -2.48. The summed E-state index contributed by atoms with van der Waals surface area (Å²) in [5.74, 6) is 6.85. The third-order valence-electron chi connectivity index (χ3n) is 4.07. The van der Waals surface area contributed by atoms with Gasteiger partial charge in [-0.25, -0.2) is 4.79 Å². The molecule has 24 heavy (non-hydrogen) atoms. The van der Waals surface area contributed by atoms with Crippen LogP contribution in [0.1, 0.15) is 49.2 Å². The number of benzene rings is 1. The number of carboxylic acid groups (broad SMARTS) is 1. The first-order valence-corrected chi connectivity index (χ1v) is 10.1. The van der Waals surface area contributed by atoms with E-state index in [0.717, 1.165) is 5.56 Å². The van der Waals surface area contributed by atoms with Crippen LogP contribution < -0.4 is 0 Å². The molecule has 0 saturated heterocycles. The normalized spacial score (nSPS) is 21.8. The van der Waals surface area contributed by atoms with Crippen molar-refractivity contribution in [2.75, 3.05) is 11.5 Å². The Balaban J connectivity index is 2.30. The predicted molar refractivity (Wildman–Crippen MR) is 101 cm³/mol. The molecule has 1 aromatic rings. The Kier molecular flexibility index (Phi) is 4.94. The summed E-state index contributed by atoms with van der Waals surface area (Å²) in [5.41, 5.74) is 1.45. The number of thiol groups is 1. The number of rotatable bonds is 3. The highest BCUT2D eigenvalue weighted by Gasteiger charge is 2.31. The van der Waals surface area contributed by atoms with Gasteiger partial charge in [0.1, 0.15) is 0 Å². The highest BCUT2D eigenvalue weighted by molar-refractivity contribution is 8.00. The Morgan fingerprint density at radius 2 is 1.75 bits per heavy atom. The second-order valence-corrected chi connectivity index (χ2v) is 10.6. The summed E-state index contributed by atoms with van der Waals surface area (Å²) < 4.78 is 15.9. The largest absolute Gasteiger partial charge is 0.478 e. The summed E-state index contributed by atoms with van der Waals surface area (Å²) in [6, 6.07) is 5.22. The van der Waals surface area contributed by atoms with Crippen LogP contribution in [0.2, 0.25) is 0 Å². The van der Waals surface area contributed by atoms with Crippen molar-refractivity contribution in [3.05, 3.63) is 34.9 Å². The number of aryl methyl sites for hydroxylation is 1. The predicted octanol–water partition coefficient (Wildman–Crippen LogP) is 3.81. The molecule has 1 aliphatic heterocycles. The van der Waals surface area contributed by atoms with Crippen molar-refractivity contribution >= 4 is 16.1 Å². The Morgan fingerprint density at radius 3 is 2.21 bits per heavy atom. The lowest BCUT2D eigenvalue weighted by Crippen LogP contribution is -2.32. The Hall–Kier alpha value is -1.64. The second-order valence-electron chi connectivity index (χ2n) is 7.97. The fourth-order valence-corrected chi connectivity index (χ4v) is 6.55. The van der Waals surface area contributed by atoms with Crippen LogP contribution >= 0.6 is 0 Å². The number of hydrogen-bond donors (Lipinski definition) is 3. The minimum absolute atomic E-state index is 0.247. The number of hydrogen-bond acceptors (Lipinski definition) is 2. The molecule has 132 valence electrons. The van der Waals surface area contributed by atoms with E-state index in [2.05, 4.69) is 11.8 Å². The highest BCUT2D eigenvalue weighted by atomic mass is 32.3. The molecule has 0 radical (unpaired) electrons. The Labute approximate surface area is 145 Å². The number of nitrogens with zero attached hydrogens (tertiary/aromatic N) is 1. The molecule has 0 saturated carbocycles. The molecule has 2 rings (SSSR count). The van der Waals surface area contributed by atoms with Gasteiger partial charge < -0.3 is 9.66 Å². The van der Waals surface area contributed by atoms with Gasteiger partial charge in [-0.05, 0) is 51.8 Å². The van der Waals surface area contributed by atoms with Crippen LogP contribution in [0, 0.1) is 29.6 Å². The topological polar surface area (TPSA) is 69.9 Å². The smallest absolute Gasteiger partial charge is 0.335 e. The molecule has 0 spiro atoms. The molecule has 0 bridgehead atoms. The fraction of sp³-hybridized carbons (Fsp3) is 0.526. The zero-order chi connectivity index (χ0) is 18.2. The highest BCUT2D eigenvalue weighted by Crippen LogP contribution is 2.32. The lowest BCUT2D eigenvalue weighted by molar-refractivity contribution is 0.0696. The van der Waals surface area contributed by atoms with Crippen LogP contribution in [0.4, 0.5) is 0 Å². The summed E-state index contributed by atoms with van der Waals surface area (Å²) in [6.45, 7) is 10.4. The SMILES string of the molecule is Cc1cc(CN=[SH]2(O)CC(C)(C)C#CC(C)(C)C2)ccc1C(=O)O. The maximum Gasteiger partial charge on any atom is 0.335 e. The average molecular weight is 349 g/mol. The minimum Gasteiger partial charge on any atom is -0.478 e. The maximum absolute atomic E-state index is 11.2. The monoisotopic (exact) mass is 349 g/mol. The van der Waals surface area contributed by atoms with E-state index in [-0.39, 0.29) is 10.8 Å². The summed E-state index contributed by atoms with van der Waals surface area (Å²) in [6.07, 6.45) is 0. The van der Waals surface area contributed by atoms with Crippen molar-refractivity contribution in [2.24, 2.45) is 15.2 Å². The first-order valence-electron chi connectivity index (χ1n) is 8.08. The van der Waals surface area contributed by atoms with E-state index in [0.29, 0.717) is 29.2 Å². The van der Waals surface area contributed by atoms with Crippen molar-refractivity contribution in [1.82, 2.24) is 0 Å². The van der Waals surface area contributed by atoms with E-state index < -0.39 is 16.1 Å². The second kappa shape index (κ2) is 6.34. The van der Waals surface area contributed by atoms with Gasteiger partial charge in [0.05, 0.1) is 12.1 Å². The quantitative estimate of drug-likeness (QED) is 0.574. The Morgan fingerprint density at radius 1 is 1.21 bits per heavy atom. The molecule has 1 heterocycles. The van der Waals surface area contributed by atoms with Crippen LogP contribution in [0.5, 0.6) is 0 Å². The van der Waals surface area contributed by atoms with Crippen molar-refractivity contribution in [3.63, 3.8) is 0 Å². The molecule has 0 atom stereocenters. The lowest BCUT2D eigenvalue weighted by atomic mass is 9.92. The molecule has 0 unspecified atom stereocenters. The molecule has 5 heteroatoms. The van der Waals surface area contributed by atoms with Crippen molar-refractivity contribution in [1.29, 1.82) is 0 Å². The zero-order valence-electron chi connectivity index (χ0n) is 15.1. The molecular formula is C19H27NO3S. The fourth-order valence-electron chi connectivity index (χ4n) is 3.12. The van der Waals surface area contributed by atoms with Gasteiger partial charge >= 0.3 is 5.97 Å². The van der Waals surface area contributed by atoms with Gasteiger partial charge in [0.25, 0.3) is 0 Å². The lowest BCUT2D eigenvalue weighted by Gasteiger charge is -2.32. The third kappa shape index (κ3) is 4.68. The van der Waals surface area contributed by atoms with Crippen LogP contribution in [0.3, 0.4) is 0 Å². The zero-order valence-corrected chi connectivity index (χ0v) is 15.9. The van der Waals surface area contributed by atoms with E-state index in [1.807, 2.05) is 33.8 Å². The molecule has 2 N–H and O–H groups in total. The summed E-state index contributed by atoms with van der Waals surface area (Å²) >= 11 is 0. The average Bonchev–Trinajstić information content (AvgIpc) is 2.50. The van der Waals surface area contributed by atoms with E-state index in [9.17, 15) is 9.35 Å². The molecular weight excluding hydrogens is 322 g/mol. The van der Waals surface area contributed by atoms with Crippen LogP contribution in [-0.4, -0.2) is 27.1 Å². The van der Waals surface area contributed by atoms with Gasteiger partial charge in [0.15, 0.2) is 0 Å². The van der Waals surface area contributed by atoms with E-state index in [4.69, 9.17) is 9.47 Å². The molecule has 0 aliphatic carbocycles. The van der Waals surface area contributed by atoms with Gasteiger partial charge in [-0.15, -0.1) is 10.1 Å². The molecule has 0 amide bonds. The number of carboxylic acids is 1. The third-order valence-corrected chi connectivity index (χ3v) is 7.34. The van der Waals surface area contributed by atoms with Crippen molar-refractivity contribution in [2.45, 2.75) is 41.2 Å². The van der Waals surface area contributed by atoms with Crippen molar-refractivity contribution in [3.8, 4) is 11.8 Å². The van der Waals surface area contributed by atoms with E-state index in [1.54, 1.807) is 19.1 Å². The van der Waals surface area contributed by atoms with Crippen LogP contribution in [0.15, 0.2) is 22.6 Å². The van der Waals surface area contributed by atoms with Gasteiger partial charge in [0.2, 0.25) is 0 Å². The number of aromatic carboxylic acids is 1. The minimum atomic E-state index is -2.48. The first kappa shape index (κ1) is 18.7. The van der Waals surface area contributed by atoms with Crippen LogP contribution in [-0.2, 0) is 16.7 Å². The molecule has 0 fully saturated rings. The van der Waals surface area contributed by atoms with Crippen molar-refractivity contribution < 1.29 is 14.5 Å². The van der Waals surface area contributed by atoms with E-state index >= 15 is 0 Å². The maximum atomic E-state index is 11.2. The first-order chi connectivity index (χ1) is 10.9. The van der Waals surface area contributed by atoms with Crippen LogP contribution in [0.25, 0.3) is 0 Å². The van der Waals surface area contributed by atoms with Gasteiger partial charge in [-0.3, -0.25) is 4.36 Å². The van der Waals surface area contributed by atoms with Gasteiger partial charge in [0, 0.05) is 22.3 Å². The molecule has 0 aromatic heterocycles. The molecule has 1 aliphatic rings. The van der Waals surface area contributed by atoms with E-state index in [1.165, 1.54) is 0 Å². The standard InChI is InChI=1S/C19H27NO3S/c1-14-10-15(6-7-16(14)17(21)22)11-20-24(23)12-18(2,3)8-9-19(4,5)13-24/h6-7,10,24H,11-13H2,1-5H3,(H,20,23)(H,21,22). The molecule has 1 aromatic carbocycles. The summed E-state index contributed by atoms with van der Waals surface area (Å²) in [5, 5.41) is 9.11. The molecule has 4 nitrogen and oxygen atoms in total. The number of carbonyl (C=O) groups is 1. The van der Waals surface area contributed by atoms with Gasteiger partial charge in [-0.2, -0.15) is 0 Å². The van der Waals surface area contributed by atoms with Gasteiger partial charge in [-0.1, -0.05) is 24.0 Å². The summed E-state index contributed by atoms with van der Waals surface area (Å²) in [4.78, 5) is 11.1.